The summed E-state index contributed by atoms with van der Waals surface area (Å²) in [5.41, 5.74) is 7.09. The molecule has 0 unspecified atom stereocenters. The molecule has 0 aliphatic heterocycles. The lowest BCUT2D eigenvalue weighted by Gasteiger charge is -2.11. The van der Waals surface area contributed by atoms with Crippen LogP contribution in [0.25, 0.3) is 0 Å². The minimum Gasteiger partial charge on any atom is -0.282 e. The number of hydrogen-bond donors (Lipinski definition) is 2. The third kappa shape index (κ3) is 3.09. The molecule has 15 heavy (non-hydrogen) atoms. The van der Waals surface area contributed by atoms with Gasteiger partial charge in [0.1, 0.15) is 0 Å². The number of nitrogens with zero attached hydrogens (tertiary/aromatic N) is 2. The molecule has 5 nitrogen and oxygen atoms in total. The number of nitrogens with one attached hydrogen (secondary N) is 2. The first kappa shape index (κ1) is 11.8. The highest BCUT2D eigenvalue weighted by atomic mass is 32.2. The highest BCUT2D eigenvalue weighted by Gasteiger charge is 2.07. The molecule has 1 aromatic rings. The zero-order chi connectivity index (χ0) is 11.4. The molecule has 0 radical (unpaired) electrons. The fourth-order valence-corrected chi connectivity index (χ4v) is 1.37. The van der Waals surface area contributed by atoms with Gasteiger partial charge in [0.05, 0.1) is 0 Å². The molecular formula is C9H14N4OS. The van der Waals surface area contributed by atoms with E-state index < -0.39 is 0 Å². The maximum absolute atomic E-state index is 10.7. The number of rotatable bonds is 3. The second-order valence-electron chi connectivity index (χ2n) is 3.08. The highest BCUT2D eigenvalue weighted by molar-refractivity contribution is 7.98. The van der Waals surface area contributed by atoms with E-state index in [1.54, 1.807) is 0 Å². The van der Waals surface area contributed by atoms with Gasteiger partial charge >= 0.3 is 0 Å². The second-order valence-corrected chi connectivity index (χ2v) is 3.85. The summed E-state index contributed by atoms with van der Waals surface area (Å²) >= 11 is 1.47. The van der Waals surface area contributed by atoms with Crippen molar-refractivity contribution in [1.29, 1.82) is 0 Å². The summed E-state index contributed by atoms with van der Waals surface area (Å²) < 4.78 is 0. The minimum absolute atomic E-state index is 0.156. The molecule has 0 atom stereocenters. The van der Waals surface area contributed by atoms with Crippen molar-refractivity contribution >= 4 is 23.5 Å². The van der Waals surface area contributed by atoms with Crippen molar-refractivity contribution in [3.8, 4) is 0 Å². The quantitative estimate of drug-likeness (QED) is 0.461. The molecule has 6 heteroatoms. The van der Waals surface area contributed by atoms with E-state index in [2.05, 4.69) is 20.8 Å². The number of hydrogen-bond acceptors (Lipinski definition) is 5. The van der Waals surface area contributed by atoms with Crippen molar-refractivity contribution in [2.24, 2.45) is 0 Å². The third-order valence-electron chi connectivity index (χ3n) is 1.91. The van der Waals surface area contributed by atoms with Crippen LogP contribution < -0.4 is 10.9 Å². The zero-order valence-corrected chi connectivity index (χ0v) is 10.0. The van der Waals surface area contributed by atoms with Gasteiger partial charge < -0.3 is 0 Å². The molecule has 2 N–H and O–H groups in total. The molecule has 82 valence electrons. The lowest BCUT2D eigenvalue weighted by molar-refractivity contribution is -0.118. The largest absolute Gasteiger partial charge is 0.282 e. The van der Waals surface area contributed by atoms with E-state index in [1.807, 2.05) is 20.1 Å². The van der Waals surface area contributed by atoms with Gasteiger partial charge in [-0.05, 0) is 20.1 Å². The van der Waals surface area contributed by atoms with E-state index in [4.69, 9.17) is 0 Å². The van der Waals surface area contributed by atoms with Crippen molar-refractivity contribution in [2.75, 3.05) is 11.7 Å². The number of carbonyl (C=O) groups is 1. The standard InChI is InChI=1S/C9H14N4OS/c1-5-6(2)10-9(15-4)11-8(5)13-12-7(3)14/h1-4H3,(H,12,14)(H,10,11,13). The van der Waals surface area contributed by atoms with Crippen LogP contribution in [-0.2, 0) is 4.79 Å². The van der Waals surface area contributed by atoms with E-state index in [-0.39, 0.29) is 5.91 Å². The van der Waals surface area contributed by atoms with Gasteiger partial charge in [0.15, 0.2) is 11.0 Å². The second kappa shape index (κ2) is 4.97. The molecule has 0 saturated carbocycles. The van der Waals surface area contributed by atoms with E-state index in [1.165, 1.54) is 18.7 Å². The van der Waals surface area contributed by atoms with E-state index in [0.29, 0.717) is 11.0 Å². The predicted octanol–water partition coefficient (Wildman–Crippen LogP) is 1.28. The Kier molecular flexibility index (Phi) is 3.90. The summed E-state index contributed by atoms with van der Waals surface area (Å²) in [5.74, 6) is 0.485. The van der Waals surface area contributed by atoms with Gasteiger partial charge in [-0.2, -0.15) is 0 Å². The number of aromatic nitrogens is 2. The molecule has 0 aromatic carbocycles. The van der Waals surface area contributed by atoms with E-state index in [9.17, 15) is 4.79 Å². The monoisotopic (exact) mass is 226 g/mol. The maximum atomic E-state index is 10.7. The van der Waals surface area contributed by atoms with Gasteiger partial charge in [-0.25, -0.2) is 9.97 Å². The lowest BCUT2D eigenvalue weighted by atomic mass is 10.2. The SMILES string of the molecule is CSc1nc(C)c(C)c(NNC(C)=O)n1. The molecule has 0 saturated heterocycles. The summed E-state index contributed by atoms with van der Waals surface area (Å²) in [7, 11) is 0. The van der Waals surface area contributed by atoms with Crippen LogP contribution in [0.15, 0.2) is 5.16 Å². The first-order valence-corrected chi connectivity index (χ1v) is 5.69. The van der Waals surface area contributed by atoms with Crippen LogP contribution in [0.2, 0.25) is 0 Å². The molecular weight excluding hydrogens is 212 g/mol. The van der Waals surface area contributed by atoms with E-state index >= 15 is 0 Å². The van der Waals surface area contributed by atoms with Crippen LogP contribution in [0.3, 0.4) is 0 Å². The molecule has 0 aliphatic carbocycles. The molecule has 1 aromatic heterocycles. The van der Waals surface area contributed by atoms with Gasteiger partial charge in [0.2, 0.25) is 5.91 Å². The van der Waals surface area contributed by atoms with Crippen molar-refractivity contribution in [3.63, 3.8) is 0 Å². The smallest absolute Gasteiger partial charge is 0.235 e. The fraction of sp³-hybridized carbons (Fsp3) is 0.444. The number of carbonyl (C=O) groups excluding carboxylic acids is 1. The third-order valence-corrected chi connectivity index (χ3v) is 2.46. The van der Waals surface area contributed by atoms with Crippen molar-refractivity contribution in [2.45, 2.75) is 25.9 Å². The Balaban J connectivity index is 2.94. The Labute approximate surface area is 93.0 Å². The molecule has 0 aliphatic rings. The van der Waals surface area contributed by atoms with Crippen LogP contribution in [-0.4, -0.2) is 22.1 Å². The molecule has 1 amide bonds. The van der Waals surface area contributed by atoms with Crippen LogP contribution in [0, 0.1) is 13.8 Å². The van der Waals surface area contributed by atoms with Gasteiger partial charge in [0.25, 0.3) is 0 Å². The first-order chi connectivity index (χ1) is 7.04. The fourth-order valence-electron chi connectivity index (χ4n) is 0.963. The van der Waals surface area contributed by atoms with Crippen LogP contribution in [0.5, 0.6) is 0 Å². The lowest BCUT2D eigenvalue weighted by Crippen LogP contribution is -2.28. The van der Waals surface area contributed by atoms with Crippen LogP contribution >= 0.6 is 11.8 Å². The Morgan fingerprint density at radius 1 is 1.33 bits per heavy atom. The topological polar surface area (TPSA) is 66.9 Å². The van der Waals surface area contributed by atoms with Gasteiger partial charge in [-0.3, -0.25) is 15.6 Å². The molecule has 1 rings (SSSR count). The first-order valence-electron chi connectivity index (χ1n) is 4.46. The number of aryl methyl sites for hydroxylation is 1. The highest BCUT2D eigenvalue weighted by Crippen LogP contribution is 2.18. The van der Waals surface area contributed by atoms with Crippen molar-refractivity contribution in [3.05, 3.63) is 11.3 Å². The summed E-state index contributed by atoms with van der Waals surface area (Å²) in [6.07, 6.45) is 1.91. The Morgan fingerprint density at radius 2 is 2.00 bits per heavy atom. The Bertz CT molecular complexity index is 381. The van der Waals surface area contributed by atoms with Gasteiger partial charge in [-0.15, -0.1) is 0 Å². The zero-order valence-electron chi connectivity index (χ0n) is 9.21. The number of amides is 1. The minimum atomic E-state index is -0.156. The maximum Gasteiger partial charge on any atom is 0.235 e. The van der Waals surface area contributed by atoms with Crippen molar-refractivity contribution in [1.82, 2.24) is 15.4 Å². The number of hydrazine groups is 1. The average Bonchev–Trinajstić information content (AvgIpc) is 2.19. The predicted molar refractivity (Wildman–Crippen MR) is 60.7 cm³/mol. The van der Waals surface area contributed by atoms with Gasteiger partial charge in [-0.1, -0.05) is 11.8 Å². The van der Waals surface area contributed by atoms with Crippen molar-refractivity contribution < 1.29 is 4.79 Å². The number of thioether (sulfide) groups is 1. The molecule has 1 heterocycles. The van der Waals surface area contributed by atoms with Crippen LogP contribution in [0.4, 0.5) is 5.82 Å². The van der Waals surface area contributed by atoms with Gasteiger partial charge in [0, 0.05) is 18.2 Å². The Hall–Kier alpha value is -1.30. The van der Waals surface area contributed by atoms with E-state index in [0.717, 1.165) is 11.3 Å². The summed E-state index contributed by atoms with van der Waals surface area (Å²) in [5, 5.41) is 0.686. The van der Waals surface area contributed by atoms with Crippen LogP contribution in [0.1, 0.15) is 18.2 Å². The molecule has 0 fully saturated rings. The molecule has 0 spiro atoms. The molecule has 0 bridgehead atoms. The Morgan fingerprint density at radius 3 is 2.53 bits per heavy atom. The number of anilines is 1. The summed E-state index contributed by atoms with van der Waals surface area (Å²) in [6, 6.07) is 0. The average molecular weight is 226 g/mol. The summed E-state index contributed by atoms with van der Waals surface area (Å²) in [6.45, 7) is 5.26. The summed E-state index contributed by atoms with van der Waals surface area (Å²) in [4.78, 5) is 19.3. The normalized spacial score (nSPS) is 9.87.